The lowest BCUT2D eigenvalue weighted by atomic mass is 10.0. The van der Waals surface area contributed by atoms with Crippen LogP contribution < -0.4 is 15.8 Å². The fourth-order valence-electron chi connectivity index (χ4n) is 3.19. The average molecular weight is 515 g/mol. The Labute approximate surface area is 189 Å². The van der Waals surface area contributed by atoms with Crippen LogP contribution in [-0.4, -0.2) is 48.2 Å². The van der Waals surface area contributed by atoms with E-state index in [2.05, 4.69) is 19.2 Å². The number of halogens is 8. The molecule has 2 heterocycles. The van der Waals surface area contributed by atoms with E-state index in [1.807, 2.05) is 5.32 Å². The van der Waals surface area contributed by atoms with E-state index in [0.29, 0.717) is 12.1 Å². The molecule has 2 amide bonds. The van der Waals surface area contributed by atoms with Crippen LogP contribution in [0.1, 0.15) is 22.2 Å². The van der Waals surface area contributed by atoms with Crippen molar-refractivity contribution in [3.63, 3.8) is 0 Å². The first-order chi connectivity index (χ1) is 16.1. The van der Waals surface area contributed by atoms with Crippen molar-refractivity contribution in [2.24, 2.45) is 5.73 Å². The Hall–Kier alpha value is -3.53. The van der Waals surface area contributed by atoms with Gasteiger partial charge in [0, 0.05) is 17.4 Å². The van der Waals surface area contributed by atoms with Crippen LogP contribution in [0.25, 0.3) is 0 Å². The number of alkyl halides is 6. The average Bonchev–Trinajstić information content (AvgIpc) is 3.18. The Morgan fingerprint density at radius 2 is 1.71 bits per heavy atom. The number of carbonyl (C=O) groups is 2. The van der Waals surface area contributed by atoms with Crippen LogP contribution in [-0.2, 0) is 14.3 Å². The van der Waals surface area contributed by atoms with Gasteiger partial charge in [0.15, 0.2) is 17.7 Å². The zero-order valence-corrected chi connectivity index (χ0v) is 17.1. The Morgan fingerprint density at radius 1 is 1.09 bits per heavy atom. The molecule has 8 nitrogen and oxygen atoms in total. The molecule has 35 heavy (non-hydrogen) atoms. The van der Waals surface area contributed by atoms with Gasteiger partial charge in [0.25, 0.3) is 11.8 Å². The molecule has 2 aromatic rings. The Balaban J connectivity index is 2.12. The molecule has 2 atom stereocenters. The van der Waals surface area contributed by atoms with Gasteiger partial charge in [-0.1, -0.05) is 0 Å². The molecule has 190 valence electrons. The van der Waals surface area contributed by atoms with Gasteiger partial charge in [-0.05, 0) is 24.3 Å². The molecule has 3 N–H and O–H groups in total. The third-order valence-corrected chi connectivity index (χ3v) is 4.74. The number of carbonyl (C=O) groups excluding carboxylic acids is 2. The monoisotopic (exact) mass is 515 g/mol. The van der Waals surface area contributed by atoms with Crippen LogP contribution in [0.2, 0.25) is 0 Å². The minimum Gasteiger partial charge on any atom is -0.493 e. The van der Waals surface area contributed by atoms with E-state index in [-0.39, 0.29) is 5.69 Å². The van der Waals surface area contributed by atoms with Crippen molar-refractivity contribution in [1.82, 2.24) is 4.98 Å². The van der Waals surface area contributed by atoms with Crippen LogP contribution in [0.4, 0.5) is 40.8 Å². The summed E-state index contributed by atoms with van der Waals surface area (Å²) in [6.45, 7) is 0. The minimum absolute atomic E-state index is 0.310. The number of aromatic nitrogens is 1. The number of nitrogens with two attached hydrogens (primary N) is 1. The third-order valence-electron chi connectivity index (χ3n) is 4.74. The maximum Gasteiger partial charge on any atom is 0.453 e. The number of benzene rings is 1. The lowest BCUT2D eigenvalue weighted by Crippen LogP contribution is -2.58. The van der Waals surface area contributed by atoms with E-state index in [1.165, 1.54) is 0 Å². The van der Waals surface area contributed by atoms with Crippen LogP contribution in [0.3, 0.4) is 0 Å². The normalized spacial score (nSPS) is 19.9. The van der Waals surface area contributed by atoms with Gasteiger partial charge in [0.05, 0.1) is 7.11 Å². The molecule has 3 rings (SSSR count). The van der Waals surface area contributed by atoms with Crippen molar-refractivity contribution in [2.75, 3.05) is 12.4 Å². The number of primary amides is 1. The van der Waals surface area contributed by atoms with E-state index in [4.69, 9.17) is 5.73 Å². The lowest BCUT2D eigenvalue weighted by Gasteiger charge is -2.31. The lowest BCUT2D eigenvalue weighted by molar-refractivity contribution is -0.445. The Bertz CT molecular complexity index is 1140. The first-order valence-electron chi connectivity index (χ1n) is 9.20. The van der Waals surface area contributed by atoms with Crippen molar-refractivity contribution >= 4 is 17.5 Å². The highest BCUT2D eigenvalue weighted by Crippen LogP contribution is 2.56. The highest BCUT2D eigenvalue weighted by Gasteiger charge is 2.79. The Kier molecular flexibility index (Phi) is 6.65. The highest BCUT2D eigenvalue weighted by atomic mass is 19.4. The first-order valence-corrected chi connectivity index (χ1v) is 9.20. The number of rotatable bonds is 5. The number of anilines is 1. The summed E-state index contributed by atoms with van der Waals surface area (Å²) in [6.07, 6.45) is -16.9. The van der Waals surface area contributed by atoms with E-state index in [0.717, 1.165) is 25.4 Å². The SMILES string of the molecule is COc1c([C@@H]2OC(C(F)(F)F)(C(F)(F)F)O[C@H]2C(=O)Nc2ccnc(C(N)=O)c2)ccc(F)c1F. The molecular formula is C19H13F8N3O5. The third kappa shape index (κ3) is 4.58. The second kappa shape index (κ2) is 8.92. The molecule has 1 aliphatic heterocycles. The molecule has 1 aromatic heterocycles. The number of ether oxygens (including phenoxy) is 3. The number of hydrogen-bond donors (Lipinski definition) is 2. The van der Waals surface area contributed by atoms with Gasteiger partial charge in [-0.2, -0.15) is 30.7 Å². The maximum atomic E-state index is 14.2. The fraction of sp³-hybridized carbons (Fsp3) is 0.316. The molecule has 1 aliphatic rings. The number of methoxy groups -OCH3 is 1. The summed E-state index contributed by atoms with van der Waals surface area (Å²) in [6, 6.07) is 2.87. The molecule has 0 radical (unpaired) electrons. The second-order valence-electron chi connectivity index (χ2n) is 6.96. The standard InChI is InChI=1S/C19H13F8N3O5/c1-33-12-8(2-3-9(20)11(12)21)13-14(35-17(34-13,18(22,23)24)19(25,26)27)16(32)30-7-4-5-29-10(6-7)15(28)31/h2-6,13-14H,1H3,(H2,28,31)(H,29,30,32)/t13-,14+/m0/s1. The van der Waals surface area contributed by atoms with Gasteiger partial charge in [0.2, 0.25) is 5.82 Å². The van der Waals surface area contributed by atoms with Crippen molar-refractivity contribution in [1.29, 1.82) is 0 Å². The van der Waals surface area contributed by atoms with Crippen LogP contribution in [0.5, 0.6) is 5.75 Å². The van der Waals surface area contributed by atoms with Crippen molar-refractivity contribution in [3.05, 3.63) is 53.4 Å². The van der Waals surface area contributed by atoms with Gasteiger partial charge in [-0.25, -0.2) is 4.39 Å². The zero-order chi connectivity index (χ0) is 26.3. The molecular weight excluding hydrogens is 502 g/mol. The van der Waals surface area contributed by atoms with E-state index in [1.54, 1.807) is 0 Å². The number of hydrogen-bond acceptors (Lipinski definition) is 6. The van der Waals surface area contributed by atoms with Crippen molar-refractivity contribution in [3.8, 4) is 5.75 Å². The predicted molar refractivity (Wildman–Crippen MR) is 97.8 cm³/mol. The van der Waals surface area contributed by atoms with Crippen LogP contribution in [0.15, 0.2) is 30.5 Å². The summed E-state index contributed by atoms with van der Waals surface area (Å²) in [5.74, 6) is -12.4. The number of amides is 2. The van der Waals surface area contributed by atoms with Gasteiger partial charge in [-0.15, -0.1) is 0 Å². The molecule has 16 heteroatoms. The largest absolute Gasteiger partial charge is 0.493 e. The minimum atomic E-state index is -6.26. The van der Waals surface area contributed by atoms with Crippen LogP contribution in [0, 0.1) is 11.6 Å². The molecule has 1 saturated heterocycles. The summed E-state index contributed by atoms with van der Waals surface area (Å²) in [5, 5.41) is 1.95. The molecule has 1 fully saturated rings. The number of nitrogens with zero attached hydrogens (tertiary/aromatic N) is 1. The molecule has 0 spiro atoms. The van der Waals surface area contributed by atoms with E-state index < -0.39 is 70.8 Å². The van der Waals surface area contributed by atoms with E-state index >= 15 is 0 Å². The summed E-state index contributed by atoms with van der Waals surface area (Å²) < 4.78 is 122. The molecule has 1 aromatic carbocycles. The number of nitrogens with one attached hydrogen (secondary N) is 1. The van der Waals surface area contributed by atoms with Crippen molar-refractivity contribution in [2.45, 2.75) is 30.3 Å². The maximum absolute atomic E-state index is 14.2. The second-order valence-corrected chi connectivity index (χ2v) is 6.96. The summed E-state index contributed by atoms with van der Waals surface area (Å²) in [7, 11) is 0.759. The summed E-state index contributed by atoms with van der Waals surface area (Å²) in [5.41, 5.74) is 3.45. The summed E-state index contributed by atoms with van der Waals surface area (Å²) >= 11 is 0. The predicted octanol–water partition coefficient (Wildman–Crippen LogP) is 3.38. The fourth-order valence-corrected chi connectivity index (χ4v) is 3.19. The Morgan fingerprint density at radius 3 is 2.26 bits per heavy atom. The summed E-state index contributed by atoms with van der Waals surface area (Å²) in [4.78, 5) is 27.6. The van der Waals surface area contributed by atoms with E-state index in [9.17, 15) is 44.7 Å². The molecule has 0 unspecified atom stereocenters. The topological polar surface area (TPSA) is 113 Å². The molecule has 0 aliphatic carbocycles. The van der Waals surface area contributed by atoms with Crippen molar-refractivity contribution < 1.29 is 58.9 Å². The number of pyridine rings is 1. The van der Waals surface area contributed by atoms with Crippen LogP contribution >= 0.6 is 0 Å². The first kappa shape index (κ1) is 26.1. The molecule has 0 bridgehead atoms. The van der Waals surface area contributed by atoms with Gasteiger partial charge in [0.1, 0.15) is 11.8 Å². The quantitative estimate of drug-likeness (QED) is 0.591. The van der Waals surface area contributed by atoms with Gasteiger partial charge >= 0.3 is 18.1 Å². The van der Waals surface area contributed by atoms with Gasteiger partial charge < -0.3 is 25.3 Å². The van der Waals surface area contributed by atoms with Gasteiger partial charge in [-0.3, -0.25) is 14.6 Å². The zero-order valence-electron chi connectivity index (χ0n) is 17.1. The molecule has 0 saturated carbocycles. The smallest absolute Gasteiger partial charge is 0.453 e. The highest BCUT2D eigenvalue weighted by molar-refractivity contribution is 5.97.